The van der Waals surface area contributed by atoms with E-state index in [2.05, 4.69) is 27.1 Å². The first-order valence-corrected chi connectivity index (χ1v) is 7.49. The van der Waals surface area contributed by atoms with E-state index in [1.165, 1.54) is 26.1 Å². The molecule has 2 heterocycles. The maximum Gasteiger partial charge on any atom is 0.0890 e. The van der Waals surface area contributed by atoms with Crippen molar-refractivity contribution in [3.63, 3.8) is 0 Å². The predicted octanol–water partition coefficient (Wildman–Crippen LogP) is 2.06. The Balaban J connectivity index is 1.52. The van der Waals surface area contributed by atoms with Crippen molar-refractivity contribution in [2.45, 2.75) is 19.9 Å². The van der Waals surface area contributed by atoms with Gasteiger partial charge in [-0.1, -0.05) is 19.1 Å². The largest absolute Gasteiger partial charge is 0.311 e. The normalized spacial score (nSPS) is 19.8. The molecular weight excluding hydrogens is 248 g/mol. The highest BCUT2D eigenvalue weighted by molar-refractivity contribution is 5.73. The molecule has 4 heteroatoms. The summed E-state index contributed by atoms with van der Waals surface area (Å²) >= 11 is 0. The second-order valence-electron chi connectivity index (χ2n) is 5.53. The SMILES string of the molecule is CCN1CCC(CNCc2cnc3ccccc3n2)C1. The van der Waals surface area contributed by atoms with Crippen LogP contribution in [0.15, 0.2) is 30.5 Å². The molecule has 1 atom stereocenters. The summed E-state index contributed by atoms with van der Waals surface area (Å²) in [6.45, 7) is 7.77. The minimum absolute atomic E-state index is 0.781. The van der Waals surface area contributed by atoms with E-state index in [9.17, 15) is 0 Å². The molecule has 2 aromatic rings. The Morgan fingerprint density at radius 2 is 2.15 bits per heavy atom. The lowest BCUT2D eigenvalue weighted by Gasteiger charge is -2.13. The van der Waals surface area contributed by atoms with Crippen LogP contribution in [0.2, 0.25) is 0 Å². The number of para-hydroxylation sites is 2. The van der Waals surface area contributed by atoms with Crippen LogP contribution in [0.4, 0.5) is 0 Å². The molecule has 1 aromatic heterocycles. The van der Waals surface area contributed by atoms with E-state index in [-0.39, 0.29) is 0 Å². The molecule has 0 bridgehead atoms. The van der Waals surface area contributed by atoms with Crippen LogP contribution in [0.3, 0.4) is 0 Å². The van der Waals surface area contributed by atoms with Gasteiger partial charge in [0.25, 0.3) is 0 Å². The van der Waals surface area contributed by atoms with E-state index in [0.29, 0.717) is 0 Å². The first-order chi connectivity index (χ1) is 9.85. The van der Waals surface area contributed by atoms with Gasteiger partial charge in [-0.25, -0.2) is 4.98 Å². The van der Waals surface area contributed by atoms with Crippen molar-refractivity contribution < 1.29 is 0 Å². The fourth-order valence-corrected chi connectivity index (χ4v) is 2.85. The Labute approximate surface area is 120 Å². The summed E-state index contributed by atoms with van der Waals surface area (Å²) in [5.41, 5.74) is 2.96. The van der Waals surface area contributed by atoms with Crippen molar-refractivity contribution in [1.82, 2.24) is 20.2 Å². The van der Waals surface area contributed by atoms with Gasteiger partial charge in [-0.2, -0.15) is 0 Å². The van der Waals surface area contributed by atoms with E-state index in [4.69, 9.17) is 0 Å². The molecule has 1 aliphatic rings. The number of nitrogens with one attached hydrogen (secondary N) is 1. The molecule has 3 rings (SSSR count). The van der Waals surface area contributed by atoms with Gasteiger partial charge >= 0.3 is 0 Å². The van der Waals surface area contributed by atoms with Crippen LogP contribution >= 0.6 is 0 Å². The molecule has 0 spiro atoms. The third-order valence-corrected chi connectivity index (χ3v) is 4.05. The summed E-state index contributed by atoms with van der Waals surface area (Å²) < 4.78 is 0. The molecule has 0 amide bonds. The Morgan fingerprint density at radius 3 is 2.95 bits per heavy atom. The number of hydrogen-bond acceptors (Lipinski definition) is 4. The van der Waals surface area contributed by atoms with Gasteiger partial charge in [0.15, 0.2) is 0 Å². The van der Waals surface area contributed by atoms with Crippen molar-refractivity contribution in [3.8, 4) is 0 Å². The molecule has 1 saturated heterocycles. The van der Waals surface area contributed by atoms with Gasteiger partial charge < -0.3 is 10.2 Å². The van der Waals surface area contributed by atoms with Crippen molar-refractivity contribution in [2.24, 2.45) is 5.92 Å². The monoisotopic (exact) mass is 270 g/mol. The van der Waals surface area contributed by atoms with Crippen LogP contribution in [0, 0.1) is 5.92 Å². The van der Waals surface area contributed by atoms with Crippen LogP contribution < -0.4 is 5.32 Å². The van der Waals surface area contributed by atoms with Crippen LogP contribution in [-0.4, -0.2) is 41.0 Å². The first kappa shape index (κ1) is 13.5. The third kappa shape index (κ3) is 3.14. The van der Waals surface area contributed by atoms with E-state index in [0.717, 1.165) is 35.7 Å². The standard InChI is InChI=1S/C16H22N4/c1-2-20-8-7-13(12-20)9-17-10-14-11-18-15-5-3-4-6-16(15)19-14/h3-6,11,13,17H,2,7-10,12H2,1H3. The smallest absolute Gasteiger partial charge is 0.0890 e. The summed E-state index contributed by atoms with van der Waals surface area (Å²) in [5, 5.41) is 3.52. The van der Waals surface area contributed by atoms with E-state index in [1.54, 1.807) is 0 Å². The van der Waals surface area contributed by atoms with Gasteiger partial charge in [0.2, 0.25) is 0 Å². The topological polar surface area (TPSA) is 41.0 Å². The summed E-state index contributed by atoms with van der Waals surface area (Å²) in [4.78, 5) is 11.6. The maximum atomic E-state index is 4.64. The van der Waals surface area contributed by atoms with Gasteiger partial charge in [0.05, 0.1) is 22.9 Å². The fraction of sp³-hybridized carbons (Fsp3) is 0.500. The second-order valence-corrected chi connectivity index (χ2v) is 5.53. The van der Waals surface area contributed by atoms with Gasteiger partial charge in [0, 0.05) is 13.1 Å². The molecule has 1 fully saturated rings. The predicted molar refractivity (Wildman–Crippen MR) is 81.5 cm³/mol. The Hall–Kier alpha value is -1.52. The summed E-state index contributed by atoms with van der Waals surface area (Å²) in [6.07, 6.45) is 3.19. The summed E-state index contributed by atoms with van der Waals surface area (Å²) in [7, 11) is 0. The maximum absolute atomic E-state index is 4.64. The lowest BCUT2D eigenvalue weighted by Crippen LogP contribution is -2.26. The first-order valence-electron chi connectivity index (χ1n) is 7.49. The Morgan fingerprint density at radius 1 is 1.30 bits per heavy atom. The molecule has 0 saturated carbocycles. The Bertz CT molecular complexity index is 569. The second kappa shape index (κ2) is 6.29. The van der Waals surface area contributed by atoms with E-state index in [1.807, 2.05) is 30.5 Å². The van der Waals surface area contributed by atoms with Gasteiger partial charge in [-0.05, 0) is 44.1 Å². The minimum Gasteiger partial charge on any atom is -0.311 e. The quantitative estimate of drug-likeness (QED) is 0.903. The average Bonchev–Trinajstić information content (AvgIpc) is 2.95. The molecule has 1 N–H and O–H groups in total. The van der Waals surface area contributed by atoms with Crippen LogP contribution in [-0.2, 0) is 6.54 Å². The highest BCUT2D eigenvalue weighted by Gasteiger charge is 2.20. The molecular formula is C16H22N4. The van der Waals surface area contributed by atoms with Crippen molar-refractivity contribution in [3.05, 3.63) is 36.2 Å². The van der Waals surface area contributed by atoms with Crippen LogP contribution in [0.25, 0.3) is 11.0 Å². The average molecular weight is 270 g/mol. The number of fused-ring (bicyclic) bond motifs is 1. The number of likely N-dealkylation sites (tertiary alicyclic amines) is 1. The molecule has 20 heavy (non-hydrogen) atoms. The van der Waals surface area contributed by atoms with Crippen molar-refractivity contribution in [1.29, 1.82) is 0 Å². The van der Waals surface area contributed by atoms with Crippen molar-refractivity contribution >= 4 is 11.0 Å². The number of aromatic nitrogens is 2. The minimum atomic E-state index is 0.781. The van der Waals surface area contributed by atoms with Crippen LogP contribution in [0.1, 0.15) is 19.0 Å². The highest BCUT2D eigenvalue weighted by atomic mass is 15.1. The number of rotatable bonds is 5. The summed E-state index contributed by atoms with van der Waals surface area (Å²) in [6, 6.07) is 8.01. The molecule has 0 radical (unpaired) electrons. The fourth-order valence-electron chi connectivity index (χ4n) is 2.85. The zero-order valence-corrected chi connectivity index (χ0v) is 12.0. The highest BCUT2D eigenvalue weighted by Crippen LogP contribution is 2.14. The molecule has 4 nitrogen and oxygen atoms in total. The molecule has 1 aromatic carbocycles. The number of hydrogen-bond donors (Lipinski definition) is 1. The van der Waals surface area contributed by atoms with E-state index < -0.39 is 0 Å². The number of benzene rings is 1. The molecule has 0 aliphatic carbocycles. The summed E-state index contributed by atoms with van der Waals surface area (Å²) in [5.74, 6) is 0.781. The third-order valence-electron chi connectivity index (χ3n) is 4.05. The molecule has 106 valence electrons. The molecule has 1 aliphatic heterocycles. The lowest BCUT2D eigenvalue weighted by molar-refractivity contribution is 0.338. The lowest BCUT2D eigenvalue weighted by atomic mass is 10.1. The van der Waals surface area contributed by atoms with Gasteiger partial charge in [-0.3, -0.25) is 4.98 Å². The molecule has 1 unspecified atom stereocenters. The zero-order chi connectivity index (χ0) is 13.8. The van der Waals surface area contributed by atoms with Crippen molar-refractivity contribution in [2.75, 3.05) is 26.2 Å². The van der Waals surface area contributed by atoms with Gasteiger partial charge in [-0.15, -0.1) is 0 Å². The van der Waals surface area contributed by atoms with E-state index >= 15 is 0 Å². The number of nitrogens with zero attached hydrogens (tertiary/aromatic N) is 3. The zero-order valence-electron chi connectivity index (χ0n) is 12.0. The van der Waals surface area contributed by atoms with Crippen LogP contribution in [0.5, 0.6) is 0 Å². The Kier molecular flexibility index (Phi) is 4.23. The van der Waals surface area contributed by atoms with Gasteiger partial charge in [0.1, 0.15) is 0 Å².